The third kappa shape index (κ3) is 6.10. The third-order valence-electron chi connectivity index (χ3n) is 3.16. The van der Waals surface area contributed by atoms with Gasteiger partial charge in [-0.2, -0.15) is 0 Å². The molecule has 24 heavy (non-hydrogen) atoms. The zero-order valence-corrected chi connectivity index (χ0v) is 13.5. The molecular weight excluding hydrogens is 308 g/mol. The molecule has 2 amide bonds. The minimum absolute atomic E-state index is 0.152. The summed E-state index contributed by atoms with van der Waals surface area (Å²) in [5.74, 6) is -0.152. The SMILES string of the molecule is COCNC(=O)Cc1cccc(NC(=O)OCc2ccccc2)c1. The second kappa shape index (κ2) is 9.32. The van der Waals surface area contributed by atoms with Gasteiger partial charge in [0.25, 0.3) is 0 Å². The molecule has 2 rings (SSSR count). The molecule has 2 N–H and O–H groups in total. The number of anilines is 1. The predicted molar refractivity (Wildman–Crippen MR) is 90.4 cm³/mol. The van der Waals surface area contributed by atoms with Gasteiger partial charge in [0.05, 0.1) is 6.42 Å². The van der Waals surface area contributed by atoms with Crippen molar-refractivity contribution in [1.29, 1.82) is 0 Å². The summed E-state index contributed by atoms with van der Waals surface area (Å²) >= 11 is 0. The summed E-state index contributed by atoms with van der Waals surface area (Å²) in [6.45, 7) is 0.369. The highest BCUT2D eigenvalue weighted by atomic mass is 16.5. The van der Waals surface area contributed by atoms with Crippen LogP contribution in [0.1, 0.15) is 11.1 Å². The van der Waals surface area contributed by atoms with Gasteiger partial charge in [0.1, 0.15) is 13.3 Å². The lowest BCUT2D eigenvalue weighted by Gasteiger charge is -2.09. The molecule has 6 heteroatoms. The van der Waals surface area contributed by atoms with E-state index in [4.69, 9.17) is 9.47 Å². The minimum atomic E-state index is -0.542. The maximum Gasteiger partial charge on any atom is 0.411 e. The van der Waals surface area contributed by atoms with Crippen LogP contribution < -0.4 is 10.6 Å². The standard InChI is InChI=1S/C18H20N2O4/c1-23-13-19-17(21)11-15-8-5-9-16(10-15)20-18(22)24-12-14-6-3-2-4-7-14/h2-10H,11-13H2,1H3,(H,19,21)(H,20,22). The Hall–Kier alpha value is -2.86. The molecule has 2 aromatic carbocycles. The highest BCUT2D eigenvalue weighted by Gasteiger charge is 2.07. The molecule has 0 fully saturated rings. The fraction of sp³-hybridized carbons (Fsp3) is 0.222. The van der Waals surface area contributed by atoms with E-state index in [0.29, 0.717) is 5.69 Å². The van der Waals surface area contributed by atoms with Gasteiger partial charge in [0, 0.05) is 12.8 Å². The maximum absolute atomic E-state index is 11.8. The maximum atomic E-state index is 11.8. The molecular formula is C18H20N2O4. The summed E-state index contributed by atoms with van der Waals surface area (Å²) in [6.07, 6.45) is -0.336. The van der Waals surface area contributed by atoms with Gasteiger partial charge in [0.15, 0.2) is 0 Å². The molecule has 0 saturated heterocycles. The lowest BCUT2D eigenvalue weighted by molar-refractivity contribution is -0.121. The fourth-order valence-electron chi connectivity index (χ4n) is 2.04. The van der Waals surface area contributed by atoms with Crippen molar-refractivity contribution in [1.82, 2.24) is 5.32 Å². The van der Waals surface area contributed by atoms with E-state index in [-0.39, 0.29) is 25.7 Å². The van der Waals surface area contributed by atoms with Gasteiger partial charge >= 0.3 is 6.09 Å². The van der Waals surface area contributed by atoms with Crippen LogP contribution in [0.5, 0.6) is 0 Å². The molecule has 6 nitrogen and oxygen atoms in total. The fourth-order valence-corrected chi connectivity index (χ4v) is 2.04. The smallest absolute Gasteiger partial charge is 0.411 e. The Morgan fingerprint density at radius 3 is 2.50 bits per heavy atom. The molecule has 2 aromatic rings. The molecule has 0 radical (unpaired) electrons. The first kappa shape index (κ1) is 17.5. The Labute approximate surface area is 140 Å². The van der Waals surface area contributed by atoms with Crippen molar-refractivity contribution in [2.45, 2.75) is 13.0 Å². The Balaban J connectivity index is 1.84. The average Bonchev–Trinajstić information content (AvgIpc) is 2.59. The van der Waals surface area contributed by atoms with Crippen LogP contribution in [0, 0.1) is 0 Å². The van der Waals surface area contributed by atoms with Crippen LogP contribution in [0.25, 0.3) is 0 Å². The van der Waals surface area contributed by atoms with E-state index in [9.17, 15) is 9.59 Å². The highest BCUT2D eigenvalue weighted by molar-refractivity contribution is 5.85. The second-order valence-corrected chi connectivity index (χ2v) is 5.10. The number of amides is 2. The summed E-state index contributed by atoms with van der Waals surface area (Å²) in [5.41, 5.74) is 2.27. The van der Waals surface area contributed by atoms with Gasteiger partial charge in [-0.1, -0.05) is 42.5 Å². The quantitative estimate of drug-likeness (QED) is 0.766. The number of hydrogen-bond acceptors (Lipinski definition) is 4. The topological polar surface area (TPSA) is 76.7 Å². The number of carbonyl (C=O) groups excluding carboxylic acids is 2. The monoisotopic (exact) mass is 328 g/mol. The molecule has 0 aliphatic carbocycles. The van der Waals surface area contributed by atoms with E-state index in [2.05, 4.69) is 10.6 Å². The molecule has 0 aliphatic heterocycles. The summed E-state index contributed by atoms with van der Waals surface area (Å²) in [6, 6.07) is 16.5. The van der Waals surface area contributed by atoms with Gasteiger partial charge in [-0.15, -0.1) is 0 Å². The molecule has 0 spiro atoms. The summed E-state index contributed by atoms with van der Waals surface area (Å²) in [7, 11) is 1.51. The van der Waals surface area contributed by atoms with Crippen molar-refractivity contribution in [3.05, 3.63) is 65.7 Å². The summed E-state index contributed by atoms with van der Waals surface area (Å²) in [4.78, 5) is 23.5. The number of methoxy groups -OCH3 is 1. The summed E-state index contributed by atoms with van der Waals surface area (Å²) < 4.78 is 9.94. The van der Waals surface area contributed by atoms with Gasteiger partial charge in [0.2, 0.25) is 5.91 Å². The van der Waals surface area contributed by atoms with E-state index in [0.717, 1.165) is 11.1 Å². The van der Waals surface area contributed by atoms with E-state index in [1.54, 1.807) is 18.2 Å². The van der Waals surface area contributed by atoms with Crippen LogP contribution in [0.4, 0.5) is 10.5 Å². The number of nitrogens with one attached hydrogen (secondary N) is 2. The van der Waals surface area contributed by atoms with Crippen molar-refractivity contribution in [2.24, 2.45) is 0 Å². The van der Waals surface area contributed by atoms with Crippen molar-refractivity contribution in [2.75, 3.05) is 19.2 Å². The van der Waals surface area contributed by atoms with Gasteiger partial charge < -0.3 is 14.8 Å². The first-order valence-electron chi connectivity index (χ1n) is 7.49. The largest absolute Gasteiger partial charge is 0.444 e. The van der Waals surface area contributed by atoms with E-state index in [1.165, 1.54) is 7.11 Å². The van der Waals surface area contributed by atoms with Gasteiger partial charge in [-0.05, 0) is 23.3 Å². The Bertz CT molecular complexity index is 674. The van der Waals surface area contributed by atoms with Crippen molar-refractivity contribution >= 4 is 17.7 Å². The zero-order valence-electron chi connectivity index (χ0n) is 13.5. The van der Waals surface area contributed by atoms with Crippen molar-refractivity contribution in [3.63, 3.8) is 0 Å². The van der Waals surface area contributed by atoms with Crippen molar-refractivity contribution in [3.8, 4) is 0 Å². The second-order valence-electron chi connectivity index (χ2n) is 5.10. The number of ether oxygens (including phenoxy) is 2. The number of carbonyl (C=O) groups is 2. The van der Waals surface area contributed by atoms with E-state index >= 15 is 0 Å². The van der Waals surface area contributed by atoms with Crippen LogP contribution in [0.3, 0.4) is 0 Å². The van der Waals surface area contributed by atoms with Crippen molar-refractivity contribution < 1.29 is 19.1 Å². The van der Waals surface area contributed by atoms with Crippen LogP contribution >= 0.6 is 0 Å². The lowest BCUT2D eigenvalue weighted by Crippen LogP contribution is -2.26. The third-order valence-corrected chi connectivity index (χ3v) is 3.16. The molecule has 0 atom stereocenters. The highest BCUT2D eigenvalue weighted by Crippen LogP contribution is 2.12. The summed E-state index contributed by atoms with van der Waals surface area (Å²) in [5, 5.41) is 5.26. The molecule has 0 aliphatic rings. The first-order chi connectivity index (χ1) is 11.7. The first-order valence-corrected chi connectivity index (χ1v) is 7.49. The van der Waals surface area contributed by atoms with Crippen LogP contribution in [0.2, 0.25) is 0 Å². The average molecular weight is 328 g/mol. The molecule has 0 aromatic heterocycles. The lowest BCUT2D eigenvalue weighted by atomic mass is 10.1. The van der Waals surface area contributed by atoms with Crippen LogP contribution in [0.15, 0.2) is 54.6 Å². The zero-order chi connectivity index (χ0) is 17.2. The number of rotatable bonds is 7. The molecule has 126 valence electrons. The molecule has 0 unspecified atom stereocenters. The normalized spacial score (nSPS) is 10.0. The predicted octanol–water partition coefficient (Wildman–Crippen LogP) is 2.70. The number of hydrogen-bond donors (Lipinski definition) is 2. The Morgan fingerprint density at radius 1 is 1.00 bits per heavy atom. The van der Waals surface area contributed by atoms with Crippen LogP contribution in [-0.4, -0.2) is 25.8 Å². The molecule has 0 bridgehead atoms. The molecule has 0 heterocycles. The van der Waals surface area contributed by atoms with Gasteiger partial charge in [-0.3, -0.25) is 10.1 Å². The molecule has 0 saturated carbocycles. The minimum Gasteiger partial charge on any atom is -0.444 e. The van der Waals surface area contributed by atoms with E-state index in [1.807, 2.05) is 36.4 Å². The van der Waals surface area contributed by atoms with Crippen LogP contribution in [-0.2, 0) is 27.3 Å². The van der Waals surface area contributed by atoms with Gasteiger partial charge in [-0.25, -0.2) is 4.79 Å². The van der Waals surface area contributed by atoms with E-state index < -0.39 is 6.09 Å². The Morgan fingerprint density at radius 2 is 1.75 bits per heavy atom. The Kier molecular flexibility index (Phi) is 6.79. The number of benzene rings is 2.